The van der Waals surface area contributed by atoms with Gasteiger partial charge in [0.1, 0.15) is 0 Å². The van der Waals surface area contributed by atoms with Crippen LogP contribution < -0.4 is 14.2 Å². The van der Waals surface area contributed by atoms with E-state index in [-0.39, 0.29) is 5.78 Å². The van der Waals surface area contributed by atoms with Crippen molar-refractivity contribution < 1.29 is 19.0 Å². The third kappa shape index (κ3) is 3.54. The zero-order valence-electron chi connectivity index (χ0n) is 12.8. The van der Waals surface area contributed by atoms with Crippen LogP contribution >= 0.6 is 0 Å². The van der Waals surface area contributed by atoms with Crippen LogP contribution in [0.3, 0.4) is 0 Å². The lowest BCUT2D eigenvalue weighted by atomic mass is 9.97. The highest BCUT2D eigenvalue weighted by Gasteiger charge is 2.17. The van der Waals surface area contributed by atoms with Gasteiger partial charge in [0.2, 0.25) is 5.75 Å². The van der Waals surface area contributed by atoms with Crippen molar-refractivity contribution in [3.8, 4) is 17.2 Å². The van der Waals surface area contributed by atoms with E-state index in [1.165, 1.54) is 0 Å². The minimum atomic E-state index is 0.175. The minimum absolute atomic E-state index is 0.175. The molecule has 0 heterocycles. The summed E-state index contributed by atoms with van der Waals surface area (Å²) in [6.07, 6.45) is 3.42. The summed E-state index contributed by atoms with van der Waals surface area (Å²) in [5, 5.41) is 0. The van der Waals surface area contributed by atoms with Gasteiger partial charge >= 0.3 is 0 Å². The number of carbonyl (C=O) groups excluding carboxylic acids is 1. The first kappa shape index (κ1) is 15.4. The van der Waals surface area contributed by atoms with Crippen molar-refractivity contribution in [3.63, 3.8) is 0 Å². The van der Waals surface area contributed by atoms with Gasteiger partial charge in [-0.1, -0.05) is 0 Å². The predicted octanol–water partition coefficient (Wildman–Crippen LogP) is 2.80. The molecular weight excluding hydrogens is 270 g/mol. The van der Waals surface area contributed by atoms with Gasteiger partial charge in [0, 0.05) is 6.42 Å². The van der Waals surface area contributed by atoms with Gasteiger partial charge in [-0.25, -0.2) is 0 Å². The predicted molar refractivity (Wildman–Crippen MR) is 80.7 cm³/mol. The number of ketones is 1. The molecule has 0 atom stereocenters. The van der Waals surface area contributed by atoms with E-state index in [2.05, 4.69) is 4.99 Å². The second kappa shape index (κ2) is 7.11. The molecule has 114 valence electrons. The quantitative estimate of drug-likeness (QED) is 0.837. The Morgan fingerprint density at radius 1 is 1.00 bits per heavy atom. The third-order valence-electron chi connectivity index (χ3n) is 3.57. The smallest absolute Gasteiger partial charge is 0.203 e. The fourth-order valence-electron chi connectivity index (χ4n) is 2.44. The normalized spacial score (nSPS) is 16.9. The lowest BCUT2D eigenvalue weighted by Gasteiger charge is -2.14. The average Bonchev–Trinajstić information content (AvgIpc) is 2.52. The highest BCUT2D eigenvalue weighted by molar-refractivity contribution is 6.40. The van der Waals surface area contributed by atoms with Crippen molar-refractivity contribution in [2.45, 2.75) is 32.2 Å². The molecule has 1 aliphatic rings. The summed E-state index contributed by atoms with van der Waals surface area (Å²) in [4.78, 5) is 16.2. The molecule has 1 fully saturated rings. The fourth-order valence-corrected chi connectivity index (χ4v) is 2.44. The minimum Gasteiger partial charge on any atom is -0.493 e. The van der Waals surface area contributed by atoms with Crippen molar-refractivity contribution in [1.82, 2.24) is 0 Å². The van der Waals surface area contributed by atoms with Crippen LogP contribution in [-0.4, -0.2) is 32.8 Å². The molecule has 1 aliphatic carbocycles. The summed E-state index contributed by atoms with van der Waals surface area (Å²) in [5.74, 6) is 1.93. The van der Waals surface area contributed by atoms with Crippen LogP contribution in [0.1, 0.15) is 31.2 Å². The van der Waals surface area contributed by atoms with Crippen LogP contribution in [0, 0.1) is 0 Å². The molecule has 0 spiro atoms. The average molecular weight is 291 g/mol. The molecule has 0 bridgehead atoms. The van der Waals surface area contributed by atoms with Crippen molar-refractivity contribution in [2.24, 2.45) is 4.99 Å². The Labute approximate surface area is 124 Å². The maximum absolute atomic E-state index is 11.8. The number of carbonyl (C=O) groups is 1. The summed E-state index contributed by atoms with van der Waals surface area (Å²) >= 11 is 0. The first-order chi connectivity index (χ1) is 10.2. The molecule has 21 heavy (non-hydrogen) atoms. The number of ether oxygens (including phenoxy) is 3. The van der Waals surface area contributed by atoms with E-state index in [0.29, 0.717) is 35.9 Å². The molecule has 5 heteroatoms. The fraction of sp³-hybridized carbons (Fsp3) is 0.500. The van der Waals surface area contributed by atoms with Gasteiger partial charge in [-0.05, 0) is 37.0 Å². The van der Waals surface area contributed by atoms with Crippen LogP contribution in [0.5, 0.6) is 17.2 Å². The van der Waals surface area contributed by atoms with Crippen LogP contribution in [0.15, 0.2) is 17.1 Å². The zero-order valence-corrected chi connectivity index (χ0v) is 12.8. The Morgan fingerprint density at radius 3 is 2.14 bits per heavy atom. The van der Waals surface area contributed by atoms with Crippen molar-refractivity contribution in [2.75, 3.05) is 21.3 Å². The number of methoxy groups -OCH3 is 3. The molecule has 5 nitrogen and oxygen atoms in total. The van der Waals surface area contributed by atoms with Gasteiger partial charge in [-0.3, -0.25) is 9.79 Å². The Bertz CT molecular complexity index is 526. The Balaban J connectivity index is 2.24. The Morgan fingerprint density at radius 2 is 1.62 bits per heavy atom. The molecule has 0 amide bonds. The van der Waals surface area contributed by atoms with Crippen molar-refractivity contribution in [1.29, 1.82) is 0 Å². The number of Topliss-reactive ketones (excluding diaryl/α,β-unsaturated/α-hetero) is 1. The second-order valence-corrected chi connectivity index (χ2v) is 4.93. The maximum Gasteiger partial charge on any atom is 0.203 e. The molecule has 0 unspecified atom stereocenters. The SMILES string of the molecule is COc1cc(CN=C2CCCCC2=O)cc(OC)c1OC. The zero-order chi connectivity index (χ0) is 15.2. The van der Waals surface area contributed by atoms with E-state index in [0.717, 1.165) is 24.8 Å². The van der Waals surface area contributed by atoms with Gasteiger partial charge in [0.05, 0.1) is 33.6 Å². The van der Waals surface area contributed by atoms with Crippen LogP contribution in [0.25, 0.3) is 0 Å². The topological polar surface area (TPSA) is 57.1 Å². The first-order valence-corrected chi connectivity index (χ1v) is 7.05. The number of hydrogen-bond donors (Lipinski definition) is 0. The highest BCUT2D eigenvalue weighted by Crippen LogP contribution is 2.38. The van der Waals surface area contributed by atoms with Gasteiger partial charge in [0.15, 0.2) is 17.3 Å². The first-order valence-electron chi connectivity index (χ1n) is 7.05. The van der Waals surface area contributed by atoms with Crippen molar-refractivity contribution in [3.05, 3.63) is 17.7 Å². The second-order valence-electron chi connectivity index (χ2n) is 4.93. The highest BCUT2D eigenvalue weighted by atomic mass is 16.5. The molecule has 2 rings (SSSR count). The standard InChI is InChI=1S/C16H21NO4/c1-19-14-8-11(9-15(20-2)16(14)21-3)10-17-12-6-4-5-7-13(12)18/h8-9H,4-7,10H2,1-3H3. The van der Waals surface area contributed by atoms with Crippen LogP contribution in [-0.2, 0) is 11.3 Å². The Kier molecular flexibility index (Phi) is 5.20. The number of benzene rings is 1. The van der Waals surface area contributed by atoms with Gasteiger partial charge in [-0.15, -0.1) is 0 Å². The molecule has 1 aromatic carbocycles. The lowest BCUT2D eigenvalue weighted by Crippen LogP contribution is -2.18. The Hall–Kier alpha value is -2.04. The molecular formula is C16H21NO4. The molecule has 1 saturated carbocycles. The number of nitrogens with zero attached hydrogens (tertiary/aromatic N) is 1. The summed E-state index contributed by atoms with van der Waals surface area (Å²) in [6.45, 7) is 0.442. The lowest BCUT2D eigenvalue weighted by molar-refractivity contribution is -0.113. The summed E-state index contributed by atoms with van der Waals surface area (Å²) in [7, 11) is 4.73. The molecule has 0 saturated heterocycles. The summed E-state index contributed by atoms with van der Waals surface area (Å²) in [5.41, 5.74) is 1.63. The van der Waals surface area contributed by atoms with Crippen molar-refractivity contribution >= 4 is 11.5 Å². The molecule has 0 radical (unpaired) electrons. The van der Waals surface area contributed by atoms with Gasteiger partial charge in [-0.2, -0.15) is 0 Å². The van der Waals surface area contributed by atoms with Gasteiger partial charge < -0.3 is 14.2 Å². The summed E-state index contributed by atoms with van der Waals surface area (Å²) in [6, 6.07) is 3.72. The van der Waals surface area contributed by atoms with Crippen LogP contribution in [0.2, 0.25) is 0 Å². The maximum atomic E-state index is 11.8. The molecule has 0 aliphatic heterocycles. The number of hydrogen-bond acceptors (Lipinski definition) is 5. The molecule has 0 N–H and O–H groups in total. The van der Waals surface area contributed by atoms with E-state index in [1.807, 2.05) is 12.1 Å². The van der Waals surface area contributed by atoms with E-state index in [9.17, 15) is 4.79 Å². The van der Waals surface area contributed by atoms with E-state index in [1.54, 1.807) is 21.3 Å². The largest absolute Gasteiger partial charge is 0.493 e. The third-order valence-corrected chi connectivity index (χ3v) is 3.57. The molecule has 0 aromatic heterocycles. The van der Waals surface area contributed by atoms with E-state index >= 15 is 0 Å². The van der Waals surface area contributed by atoms with Gasteiger partial charge in [0.25, 0.3) is 0 Å². The number of aliphatic imine (C=N–C) groups is 1. The number of rotatable bonds is 5. The van der Waals surface area contributed by atoms with E-state index < -0.39 is 0 Å². The van der Waals surface area contributed by atoms with Crippen LogP contribution in [0.4, 0.5) is 0 Å². The summed E-state index contributed by atoms with van der Waals surface area (Å²) < 4.78 is 15.9. The molecule has 1 aromatic rings. The van der Waals surface area contributed by atoms with E-state index in [4.69, 9.17) is 14.2 Å². The monoisotopic (exact) mass is 291 g/mol.